The number of hydrogen-bond donors (Lipinski definition) is 1. The Kier molecular flexibility index (Phi) is 10.00. The molecule has 1 N–H and O–H groups in total. The number of nitrogens with one attached hydrogen (secondary N) is 1. The van der Waals surface area contributed by atoms with Crippen molar-refractivity contribution in [2.45, 2.75) is 70.0 Å². The lowest BCUT2D eigenvalue weighted by atomic mass is 10.1. The molecule has 0 bridgehead atoms. The Bertz CT molecular complexity index is 1510. The first-order valence-corrected chi connectivity index (χ1v) is 15.9. The second kappa shape index (κ2) is 13.3. The maximum absolute atomic E-state index is 14.1. The summed E-state index contributed by atoms with van der Waals surface area (Å²) in [6.07, 6.45) is 3.88. The SMILES string of the molecule is Cc1ccc(N(CC(=O)N(Cc2ccc(Cl)cc2Cl)C(C)C(=O)NC2CCCC2)S(=O)(=O)c2ccccc2)cc1C. The summed E-state index contributed by atoms with van der Waals surface area (Å²) in [5.74, 6) is -0.832. The lowest BCUT2D eigenvalue weighted by molar-refractivity contribution is -0.139. The number of halogens is 2. The number of sulfonamides is 1. The van der Waals surface area contributed by atoms with Crippen molar-refractivity contribution < 1.29 is 18.0 Å². The zero-order valence-electron chi connectivity index (χ0n) is 23.4. The van der Waals surface area contributed by atoms with Gasteiger partial charge >= 0.3 is 0 Å². The van der Waals surface area contributed by atoms with Gasteiger partial charge in [0.1, 0.15) is 12.6 Å². The fourth-order valence-electron chi connectivity index (χ4n) is 4.94. The molecule has 0 radical (unpaired) electrons. The Morgan fingerprint density at radius 2 is 1.63 bits per heavy atom. The van der Waals surface area contributed by atoms with Crippen LogP contribution in [0, 0.1) is 13.8 Å². The van der Waals surface area contributed by atoms with Gasteiger partial charge in [0.15, 0.2) is 0 Å². The zero-order chi connectivity index (χ0) is 29.7. The molecule has 41 heavy (non-hydrogen) atoms. The molecular weight excluding hydrogens is 581 g/mol. The third-order valence-corrected chi connectivity index (χ3v) is 9.99. The number of hydrogen-bond acceptors (Lipinski definition) is 4. The second-order valence-corrected chi connectivity index (χ2v) is 13.2. The Hall–Kier alpha value is -3.07. The maximum Gasteiger partial charge on any atom is 0.264 e. The first-order valence-electron chi connectivity index (χ1n) is 13.7. The largest absolute Gasteiger partial charge is 0.352 e. The van der Waals surface area contributed by atoms with Crippen molar-refractivity contribution in [1.29, 1.82) is 0 Å². The first kappa shape index (κ1) is 30.9. The van der Waals surface area contributed by atoms with Crippen molar-refractivity contribution >= 4 is 50.7 Å². The van der Waals surface area contributed by atoms with Crippen LogP contribution in [-0.2, 0) is 26.2 Å². The summed E-state index contributed by atoms with van der Waals surface area (Å²) in [6, 6.07) is 17.4. The molecule has 2 amide bonds. The lowest BCUT2D eigenvalue weighted by Crippen LogP contribution is -2.52. The van der Waals surface area contributed by atoms with Crippen molar-refractivity contribution in [2.75, 3.05) is 10.8 Å². The van der Waals surface area contributed by atoms with Crippen molar-refractivity contribution in [3.63, 3.8) is 0 Å². The highest BCUT2D eigenvalue weighted by atomic mass is 35.5. The molecule has 1 unspecified atom stereocenters. The summed E-state index contributed by atoms with van der Waals surface area (Å²) in [6.45, 7) is 4.96. The molecule has 1 aliphatic rings. The number of amides is 2. The fraction of sp³-hybridized carbons (Fsp3) is 0.355. The standard InChI is InChI=1S/C31H35Cl2N3O4S/c1-21-13-16-27(17-22(21)2)36(41(39,40)28-11-5-4-6-12-28)20-30(37)35(19-24-14-15-25(32)18-29(24)33)23(3)31(38)34-26-9-7-8-10-26/h4-6,11-18,23,26H,7-10,19-20H2,1-3H3,(H,34,38). The van der Waals surface area contributed by atoms with Gasteiger partial charge in [0, 0.05) is 22.6 Å². The molecule has 1 atom stereocenters. The minimum absolute atomic E-state index is 0.000237. The monoisotopic (exact) mass is 615 g/mol. The van der Waals surface area contributed by atoms with E-state index < -0.39 is 28.5 Å². The third kappa shape index (κ3) is 7.42. The number of anilines is 1. The van der Waals surface area contributed by atoms with Gasteiger partial charge in [-0.15, -0.1) is 0 Å². The molecule has 3 aromatic rings. The van der Waals surface area contributed by atoms with Crippen LogP contribution < -0.4 is 9.62 Å². The summed E-state index contributed by atoms with van der Waals surface area (Å²) in [5, 5.41) is 3.85. The molecule has 3 aromatic carbocycles. The van der Waals surface area contributed by atoms with E-state index in [-0.39, 0.29) is 23.4 Å². The van der Waals surface area contributed by atoms with E-state index in [9.17, 15) is 18.0 Å². The van der Waals surface area contributed by atoms with Crippen LogP contribution in [-0.4, -0.2) is 43.8 Å². The van der Waals surface area contributed by atoms with Crippen LogP contribution in [0.3, 0.4) is 0 Å². The average Bonchev–Trinajstić information content (AvgIpc) is 3.46. The van der Waals surface area contributed by atoms with Crippen LogP contribution in [0.25, 0.3) is 0 Å². The van der Waals surface area contributed by atoms with Crippen LogP contribution in [0.5, 0.6) is 0 Å². The van der Waals surface area contributed by atoms with Crippen LogP contribution in [0.1, 0.15) is 49.3 Å². The van der Waals surface area contributed by atoms with Gasteiger partial charge in [-0.2, -0.15) is 0 Å². The molecule has 10 heteroatoms. The van der Waals surface area contributed by atoms with Gasteiger partial charge < -0.3 is 10.2 Å². The molecule has 1 aliphatic carbocycles. The number of rotatable bonds is 10. The lowest BCUT2D eigenvalue weighted by Gasteiger charge is -2.32. The molecular formula is C31H35Cl2N3O4S. The van der Waals surface area contributed by atoms with Gasteiger partial charge in [-0.1, -0.05) is 66.4 Å². The highest BCUT2D eigenvalue weighted by Crippen LogP contribution is 2.28. The van der Waals surface area contributed by atoms with Gasteiger partial charge in [0.25, 0.3) is 10.0 Å². The summed E-state index contributed by atoms with van der Waals surface area (Å²) in [4.78, 5) is 28.9. The van der Waals surface area contributed by atoms with Crippen molar-refractivity contribution in [2.24, 2.45) is 0 Å². The van der Waals surface area contributed by atoms with Crippen molar-refractivity contribution in [3.05, 3.63) is 93.5 Å². The summed E-state index contributed by atoms with van der Waals surface area (Å²) in [5.41, 5.74) is 2.83. The minimum atomic E-state index is -4.12. The third-order valence-electron chi connectivity index (χ3n) is 7.61. The molecule has 1 fully saturated rings. The van der Waals surface area contributed by atoms with Crippen LogP contribution in [0.15, 0.2) is 71.6 Å². The summed E-state index contributed by atoms with van der Waals surface area (Å²) < 4.78 is 28.9. The van der Waals surface area contributed by atoms with Gasteiger partial charge in [0.05, 0.1) is 10.6 Å². The molecule has 1 saturated carbocycles. The Morgan fingerprint density at radius 1 is 0.951 bits per heavy atom. The van der Waals surface area contributed by atoms with E-state index in [1.807, 2.05) is 19.9 Å². The molecule has 4 rings (SSSR count). The van der Waals surface area contributed by atoms with Gasteiger partial charge in [-0.05, 0) is 86.7 Å². The quantitative estimate of drug-likeness (QED) is 0.291. The van der Waals surface area contributed by atoms with E-state index in [0.29, 0.717) is 21.3 Å². The van der Waals surface area contributed by atoms with Crippen molar-refractivity contribution in [3.8, 4) is 0 Å². The Morgan fingerprint density at radius 3 is 2.27 bits per heavy atom. The highest BCUT2D eigenvalue weighted by molar-refractivity contribution is 7.92. The average molecular weight is 617 g/mol. The predicted molar refractivity (Wildman–Crippen MR) is 164 cm³/mol. The minimum Gasteiger partial charge on any atom is -0.352 e. The Labute approximate surface area is 252 Å². The molecule has 0 spiro atoms. The van der Waals surface area contributed by atoms with Gasteiger partial charge in [0.2, 0.25) is 11.8 Å². The number of nitrogens with zero attached hydrogens (tertiary/aromatic N) is 2. The van der Waals surface area contributed by atoms with E-state index >= 15 is 0 Å². The predicted octanol–water partition coefficient (Wildman–Crippen LogP) is 6.28. The first-order chi connectivity index (χ1) is 19.5. The molecule has 0 aliphatic heterocycles. The zero-order valence-corrected chi connectivity index (χ0v) is 25.8. The topological polar surface area (TPSA) is 86.8 Å². The van der Waals surface area contributed by atoms with Crippen molar-refractivity contribution in [1.82, 2.24) is 10.2 Å². The smallest absolute Gasteiger partial charge is 0.264 e. The Balaban J connectivity index is 1.71. The molecule has 0 heterocycles. The molecule has 7 nitrogen and oxygen atoms in total. The van der Waals surface area contributed by atoms with Crippen LogP contribution in [0.2, 0.25) is 10.0 Å². The fourth-order valence-corrected chi connectivity index (χ4v) is 6.83. The number of benzene rings is 3. The second-order valence-electron chi connectivity index (χ2n) is 10.5. The van der Waals surface area contributed by atoms with E-state index in [4.69, 9.17) is 23.2 Å². The molecule has 218 valence electrons. The van der Waals surface area contributed by atoms with E-state index in [1.165, 1.54) is 17.0 Å². The van der Waals surface area contributed by atoms with Crippen LogP contribution >= 0.6 is 23.2 Å². The van der Waals surface area contributed by atoms with E-state index in [2.05, 4.69) is 5.32 Å². The summed E-state index contributed by atoms with van der Waals surface area (Å²) >= 11 is 12.5. The van der Waals surface area contributed by atoms with Gasteiger partial charge in [-0.25, -0.2) is 8.42 Å². The number of carbonyl (C=O) groups excluding carboxylic acids is 2. The number of aryl methyl sites for hydroxylation is 2. The molecule has 0 saturated heterocycles. The van der Waals surface area contributed by atoms with E-state index in [1.54, 1.807) is 55.5 Å². The summed E-state index contributed by atoms with van der Waals surface area (Å²) in [7, 11) is -4.12. The van der Waals surface area contributed by atoms with Crippen LogP contribution in [0.4, 0.5) is 5.69 Å². The normalized spacial score (nSPS) is 14.5. The number of carbonyl (C=O) groups is 2. The van der Waals surface area contributed by atoms with E-state index in [0.717, 1.165) is 41.1 Å². The molecule has 0 aromatic heterocycles. The van der Waals surface area contributed by atoms with Gasteiger partial charge in [-0.3, -0.25) is 13.9 Å². The highest BCUT2D eigenvalue weighted by Gasteiger charge is 2.33. The maximum atomic E-state index is 14.1.